The zero-order chi connectivity index (χ0) is 21.6. The van der Waals surface area contributed by atoms with E-state index in [1.54, 1.807) is 31.5 Å². The Morgan fingerprint density at radius 3 is 2.39 bits per heavy atom. The van der Waals surface area contributed by atoms with Crippen LogP contribution in [-0.4, -0.2) is 40.2 Å². The highest BCUT2D eigenvalue weighted by atomic mass is 16.5. The number of furan rings is 1. The highest BCUT2D eigenvalue weighted by molar-refractivity contribution is 5.91. The summed E-state index contributed by atoms with van der Waals surface area (Å²) in [5.41, 5.74) is 2.47. The van der Waals surface area contributed by atoms with Crippen molar-refractivity contribution >= 4 is 11.9 Å². The monoisotopic (exact) mass is 415 g/mol. The average molecular weight is 415 g/mol. The van der Waals surface area contributed by atoms with Crippen molar-refractivity contribution in [1.82, 2.24) is 14.7 Å². The molecule has 0 fully saturated rings. The lowest BCUT2D eigenvalue weighted by molar-refractivity contribution is -0.134. The number of para-hydroxylation sites is 1. The van der Waals surface area contributed by atoms with Crippen LogP contribution >= 0.6 is 0 Å². The summed E-state index contributed by atoms with van der Waals surface area (Å²) in [4.78, 5) is 26.7. The molecular formula is C24H21N3O4. The van der Waals surface area contributed by atoms with Crippen molar-refractivity contribution in [2.75, 3.05) is 13.7 Å². The van der Waals surface area contributed by atoms with Crippen LogP contribution in [0.25, 0.3) is 16.9 Å². The number of hydrogen-bond acceptors (Lipinski definition) is 5. The van der Waals surface area contributed by atoms with Gasteiger partial charge in [-0.1, -0.05) is 48.5 Å². The molecule has 0 radical (unpaired) electrons. The summed E-state index contributed by atoms with van der Waals surface area (Å²) in [5, 5.41) is 4.59. The quantitative estimate of drug-likeness (QED) is 0.427. The van der Waals surface area contributed by atoms with Crippen molar-refractivity contribution in [2.24, 2.45) is 0 Å². The molecule has 2 heterocycles. The van der Waals surface area contributed by atoms with E-state index >= 15 is 0 Å². The molecule has 0 aliphatic rings. The van der Waals surface area contributed by atoms with Gasteiger partial charge in [-0.25, -0.2) is 9.48 Å². The summed E-state index contributed by atoms with van der Waals surface area (Å²) in [6.45, 7) is -0.0832. The molecule has 31 heavy (non-hydrogen) atoms. The maximum Gasteiger partial charge on any atom is 0.357 e. The predicted molar refractivity (Wildman–Crippen MR) is 114 cm³/mol. The molecule has 0 saturated carbocycles. The number of likely N-dealkylation sites (N-methyl/N-ethyl adjacent to an activating group) is 1. The van der Waals surface area contributed by atoms with Gasteiger partial charge < -0.3 is 14.1 Å². The molecule has 4 rings (SSSR count). The molecule has 0 bridgehead atoms. The first-order chi connectivity index (χ1) is 15.1. The van der Waals surface area contributed by atoms with Crippen LogP contribution < -0.4 is 0 Å². The average Bonchev–Trinajstić information content (AvgIpc) is 3.48. The van der Waals surface area contributed by atoms with Gasteiger partial charge in [0, 0.05) is 12.6 Å². The molecule has 7 heteroatoms. The Morgan fingerprint density at radius 2 is 1.71 bits per heavy atom. The molecule has 7 nitrogen and oxygen atoms in total. The van der Waals surface area contributed by atoms with Crippen LogP contribution in [0.5, 0.6) is 0 Å². The van der Waals surface area contributed by atoms with Crippen LogP contribution in [0.1, 0.15) is 16.2 Å². The molecule has 0 aliphatic heterocycles. The molecule has 0 aliphatic carbocycles. The van der Waals surface area contributed by atoms with Crippen molar-refractivity contribution in [3.8, 4) is 16.9 Å². The van der Waals surface area contributed by atoms with Crippen molar-refractivity contribution in [3.05, 3.63) is 96.6 Å². The van der Waals surface area contributed by atoms with Crippen LogP contribution in [0.15, 0.2) is 89.5 Å². The lowest BCUT2D eigenvalue weighted by Gasteiger charge is -2.15. The highest BCUT2D eigenvalue weighted by Gasteiger charge is 2.21. The molecule has 0 atom stereocenters. The number of rotatable bonds is 7. The van der Waals surface area contributed by atoms with Gasteiger partial charge in [0.1, 0.15) is 5.76 Å². The third kappa shape index (κ3) is 4.72. The largest absolute Gasteiger partial charge is 0.467 e. The minimum atomic E-state index is -0.627. The van der Waals surface area contributed by atoms with Gasteiger partial charge in [0.2, 0.25) is 0 Å². The van der Waals surface area contributed by atoms with E-state index in [0.29, 0.717) is 18.0 Å². The number of amides is 1. The van der Waals surface area contributed by atoms with Crippen molar-refractivity contribution in [2.45, 2.75) is 6.54 Å². The predicted octanol–water partition coefficient (Wildman–Crippen LogP) is 3.95. The second-order valence-corrected chi connectivity index (χ2v) is 6.93. The normalized spacial score (nSPS) is 10.6. The van der Waals surface area contributed by atoms with Gasteiger partial charge in [-0.05, 0) is 30.3 Å². The zero-order valence-corrected chi connectivity index (χ0v) is 17.0. The molecule has 0 spiro atoms. The number of ether oxygens (including phenoxy) is 1. The summed E-state index contributed by atoms with van der Waals surface area (Å²) in [6.07, 6.45) is 1.54. The van der Waals surface area contributed by atoms with Crippen molar-refractivity contribution < 1.29 is 18.7 Å². The topological polar surface area (TPSA) is 77.6 Å². The number of benzene rings is 2. The van der Waals surface area contributed by atoms with Gasteiger partial charge in [0.05, 0.1) is 24.2 Å². The fraction of sp³-hybridized carbons (Fsp3) is 0.125. The molecule has 0 N–H and O–H groups in total. The fourth-order valence-corrected chi connectivity index (χ4v) is 3.08. The molecule has 0 saturated heterocycles. The molecular weight excluding hydrogens is 394 g/mol. The van der Waals surface area contributed by atoms with E-state index in [-0.39, 0.29) is 18.2 Å². The van der Waals surface area contributed by atoms with Crippen molar-refractivity contribution in [3.63, 3.8) is 0 Å². The van der Waals surface area contributed by atoms with E-state index < -0.39 is 5.97 Å². The van der Waals surface area contributed by atoms with Crippen LogP contribution in [0.4, 0.5) is 0 Å². The molecule has 4 aromatic rings. The summed E-state index contributed by atoms with van der Waals surface area (Å²) in [7, 11) is 1.63. The van der Waals surface area contributed by atoms with Crippen LogP contribution in [-0.2, 0) is 16.1 Å². The maximum absolute atomic E-state index is 12.9. The highest BCUT2D eigenvalue weighted by Crippen LogP contribution is 2.22. The Bertz CT molecular complexity index is 1150. The van der Waals surface area contributed by atoms with E-state index in [1.807, 2.05) is 60.7 Å². The molecule has 156 valence electrons. The van der Waals surface area contributed by atoms with Crippen LogP contribution in [0.2, 0.25) is 0 Å². The molecule has 2 aromatic heterocycles. The number of hydrogen-bond donors (Lipinski definition) is 0. The SMILES string of the molecule is CN(Cc1ccco1)C(=O)COC(=O)c1cc(-c2ccccc2)nn1-c1ccccc1. The smallest absolute Gasteiger partial charge is 0.357 e. The fourth-order valence-electron chi connectivity index (χ4n) is 3.08. The van der Waals surface area contributed by atoms with E-state index in [2.05, 4.69) is 5.10 Å². The third-order valence-corrected chi connectivity index (χ3v) is 4.71. The first-order valence-electron chi connectivity index (χ1n) is 9.76. The minimum Gasteiger partial charge on any atom is -0.467 e. The Kier molecular flexibility index (Phi) is 5.93. The Balaban J connectivity index is 1.52. The first kappa shape index (κ1) is 20.2. The lowest BCUT2D eigenvalue weighted by Crippen LogP contribution is -2.31. The number of carbonyl (C=O) groups excluding carboxylic acids is 2. The molecule has 2 aromatic carbocycles. The van der Waals surface area contributed by atoms with Crippen LogP contribution in [0.3, 0.4) is 0 Å². The Morgan fingerprint density at radius 1 is 1.00 bits per heavy atom. The summed E-state index contributed by atoms with van der Waals surface area (Å²) in [5.74, 6) is -0.311. The number of nitrogens with zero attached hydrogens (tertiary/aromatic N) is 3. The molecule has 0 unspecified atom stereocenters. The molecule has 1 amide bonds. The van der Waals surface area contributed by atoms with E-state index in [0.717, 1.165) is 11.3 Å². The third-order valence-electron chi connectivity index (χ3n) is 4.71. The van der Waals surface area contributed by atoms with E-state index in [4.69, 9.17) is 9.15 Å². The lowest BCUT2D eigenvalue weighted by atomic mass is 10.1. The minimum absolute atomic E-state index is 0.242. The summed E-state index contributed by atoms with van der Waals surface area (Å²) in [6, 6.07) is 24.1. The van der Waals surface area contributed by atoms with Gasteiger partial charge in [0.25, 0.3) is 5.91 Å². The first-order valence-corrected chi connectivity index (χ1v) is 9.76. The Hall–Kier alpha value is -4.13. The summed E-state index contributed by atoms with van der Waals surface area (Å²) >= 11 is 0. The second kappa shape index (κ2) is 9.13. The maximum atomic E-state index is 12.9. The van der Waals surface area contributed by atoms with Gasteiger partial charge in [-0.3, -0.25) is 4.79 Å². The van der Waals surface area contributed by atoms with Crippen LogP contribution in [0, 0.1) is 0 Å². The number of aromatic nitrogens is 2. The van der Waals surface area contributed by atoms with E-state index in [9.17, 15) is 9.59 Å². The number of esters is 1. The number of carbonyl (C=O) groups is 2. The standard InChI is InChI=1S/C24H21N3O4/c1-26(16-20-13-8-14-30-20)23(28)17-31-24(29)22-15-21(18-9-4-2-5-10-18)25-27(22)19-11-6-3-7-12-19/h2-15H,16-17H2,1H3. The van der Waals surface area contributed by atoms with Gasteiger partial charge in [-0.2, -0.15) is 5.10 Å². The Labute approximate surface area is 179 Å². The van der Waals surface area contributed by atoms with Gasteiger partial charge in [0.15, 0.2) is 12.3 Å². The van der Waals surface area contributed by atoms with E-state index in [1.165, 1.54) is 9.58 Å². The van der Waals surface area contributed by atoms with Gasteiger partial charge in [-0.15, -0.1) is 0 Å². The van der Waals surface area contributed by atoms with Crippen molar-refractivity contribution in [1.29, 1.82) is 0 Å². The van der Waals surface area contributed by atoms with Gasteiger partial charge >= 0.3 is 5.97 Å². The zero-order valence-electron chi connectivity index (χ0n) is 17.0. The second-order valence-electron chi connectivity index (χ2n) is 6.93. The summed E-state index contributed by atoms with van der Waals surface area (Å²) < 4.78 is 12.1.